The highest BCUT2D eigenvalue weighted by Crippen LogP contribution is 2.38. The molecule has 1 saturated carbocycles. The van der Waals surface area contributed by atoms with E-state index in [9.17, 15) is 22.4 Å². The largest absolute Gasteiger partial charge is 0.416 e. The van der Waals surface area contributed by atoms with Gasteiger partial charge < -0.3 is 10.6 Å². The Labute approximate surface area is 214 Å². The van der Waals surface area contributed by atoms with Crippen LogP contribution in [0.25, 0.3) is 0 Å². The number of hydrogen-bond acceptors (Lipinski definition) is 2. The highest BCUT2D eigenvalue weighted by Gasteiger charge is 2.41. The van der Waals surface area contributed by atoms with E-state index in [0.29, 0.717) is 16.2 Å². The maximum Gasteiger partial charge on any atom is 0.416 e. The summed E-state index contributed by atoms with van der Waals surface area (Å²) in [5.74, 6) is -1.04. The van der Waals surface area contributed by atoms with Gasteiger partial charge in [-0.25, -0.2) is 9.18 Å². The second-order valence-corrected chi connectivity index (χ2v) is 9.47. The number of benzene rings is 2. The van der Waals surface area contributed by atoms with E-state index < -0.39 is 29.1 Å². The molecule has 1 atom stereocenters. The number of pyridine rings is 1. The van der Waals surface area contributed by atoms with Crippen LogP contribution in [-0.4, -0.2) is 17.1 Å². The maximum absolute atomic E-state index is 14.6. The summed E-state index contributed by atoms with van der Waals surface area (Å²) in [5.41, 5.74) is -0.744. The number of carbonyl (C=O) groups is 1. The monoisotopic (exact) mass is 597 g/mol. The first kappa shape index (κ1) is 25.4. The summed E-state index contributed by atoms with van der Waals surface area (Å²) in [4.78, 5) is 17.7. The van der Waals surface area contributed by atoms with E-state index in [0.717, 1.165) is 42.5 Å². The topological polar surface area (TPSA) is 54.0 Å². The summed E-state index contributed by atoms with van der Waals surface area (Å²) in [6.45, 7) is 0. The number of hydrogen-bond donors (Lipinski definition) is 2. The van der Waals surface area contributed by atoms with E-state index in [4.69, 9.17) is 0 Å². The van der Waals surface area contributed by atoms with E-state index in [1.165, 1.54) is 0 Å². The van der Waals surface area contributed by atoms with Gasteiger partial charge in [0, 0.05) is 23.1 Å². The molecule has 1 aromatic heterocycles. The van der Waals surface area contributed by atoms with Crippen LogP contribution >= 0.6 is 22.6 Å². The number of rotatable bonds is 7. The third-order valence-electron chi connectivity index (χ3n) is 6.21. The zero-order valence-corrected chi connectivity index (χ0v) is 20.9. The molecule has 0 saturated heterocycles. The molecule has 35 heavy (non-hydrogen) atoms. The van der Waals surface area contributed by atoms with Gasteiger partial charge in [0.15, 0.2) is 0 Å². The Morgan fingerprint density at radius 3 is 2.29 bits per heavy atom. The van der Waals surface area contributed by atoms with Crippen molar-refractivity contribution in [2.75, 3.05) is 0 Å². The number of carbonyl (C=O) groups excluding carboxylic acids is 1. The van der Waals surface area contributed by atoms with Gasteiger partial charge in [0.25, 0.3) is 0 Å². The van der Waals surface area contributed by atoms with Gasteiger partial charge in [-0.05, 0) is 60.2 Å². The minimum Gasteiger partial charge on any atom is -0.335 e. The number of amides is 2. The lowest BCUT2D eigenvalue weighted by Gasteiger charge is -2.37. The van der Waals surface area contributed by atoms with Crippen LogP contribution in [0.5, 0.6) is 0 Å². The first-order valence-electron chi connectivity index (χ1n) is 11.2. The zero-order valence-electron chi connectivity index (χ0n) is 18.7. The highest BCUT2D eigenvalue weighted by molar-refractivity contribution is 14.1. The summed E-state index contributed by atoms with van der Waals surface area (Å²) in [6, 6.07) is 14.4. The van der Waals surface area contributed by atoms with Crippen molar-refractivity contribution in [3.8, 4) is 0 Å². The van der Waals surface area contributed by atoms with E-state index >= 15 is 0 Å². The van der Waals surface area contributed by atoms with Gasteiger partial charge in [-0.3, -0.25) is 4.98 Å². The molecule has 1 heterocycles. The van der Waals surface area contributed by atoms with Crippen molar-refractivity contribution in [3.63, 3.8) is 0 Å². The van der Waals surface area contributed by atoms with E-state index in [1.54, 1.807) is 24.4 Å². The van der Waals surface area contributed by atoms with Gasteiger partial charge in [-0.2, -0.15) is 13.2 Å². The van der Waals surface area contributed by atoms with Gasteiger partial charge in [0.05, 0.1) is 11.3 Å². The fourth-order valence-corrected chi connectivity index (χ4v) is 4.60. The third-order valence-corrected chi connectivity index (χ3v) is 7.09. The van der Waals surface area contributed by atoms with Crippen LogP contribution in [0.15, 0.2) is 66.9 Å². The standard InChI is InChI=1S/C26H24F4IN3O/c27-21-12-19(11-20(13-21)26(28,29)30)25(14-17-5-2-1-3-6-17,23-10-9-18(15-31)16-32-23)34-24(35)33-22-7-4-8-22/h1-3,5-6,9-13,16,22H,4,7-8,14-15H2,(H2,33,34,35)/t25-/m0/s1. The molecule has 1 aliphatic rings. The SMILES string of the molecule is O=C(NC1CCC1)N[C@@](Cc1ccccc1)(c1cc(F)cc(C(F)(F)F)c1)c1ccc(CI)cn1. The molecule has 0 spiro atoms. The summed E-state index contributed by atoms with van der Waals surface area (Å²) < 4.78 is 56.3. The number of alkyl halides is 4. The molecule has 0 radical (unpaired) electrons. The molecule has 0 bridgehead atoms. The average Bonchev–Trinajstić information content (AvgIpc) is 2.81. The second-order valence-electron chi connectivity index (χ2n) is 8.71. The van der Waals surface area contributed by atoms with Crippen molar-refractivity contribution in [2.45, 2.75) is 47.9 Å². The molecule has 0 aliphatic heterocycles. The van der Waals surface area contributed by atoms with Crippen molar-refractivity contribution in [1.82, 2.24) is 15.6 Å². The Hall–Kier alpha value is -2.69. The average molecular weight is 597 g/mol. The molecule has 1 aliphatic carbocycles. The van der Waals surface area contributed by atoms with E-state index in [1.807, 2.05) is 24.3 Å². The summed E-state index contributed by atoms with van der Waals surface area (Å²) in [6.07, 6.45) is -0.402. The van der Waals surface area contributed by atoms with Crippen molar-refractivity contribution in [2.24, 2.45) is 0 Å². The molecule has 4 nitrogen and oxygen atoms in total. The second kappa shape index (κ2) is 10.5. The molecule has 9 heteroatoms. The van der Waals surface area contributed by atoms with E-state index in [-0.39, 0.29) is 18.0 Å². The van der Waals surface area contributed by atoms with Crippen molar-refractivity contribution in [3.05, 3.63) is 101 Å². The molecule has 2 amide bonds. The first-order valence-corrected chi connectivity index (χ1v) is 12.7. The molecule has 3 aromatic rings. The lowest BCUT2D eigenvalue weighted by molar-refractivity contribution is -0.137. The molecule has 2 aromatic carbocycles. The molecule has 2 N–H and O–H groups in total. The molecule has 4 rings (SSSR count). The van der Waals surface area contributed by atoms with Crippen LogP contribution in [0.4, 0.5) is 22.4 Å². The Balaban J connectivity index is 1.90. The van der Waals surface area contributed by atoms with Crippen LogP contribution in [0.3, 0.4) is 0 Å². The molecular formula is C26H24F4IN3O. The van der Waals surface area contributed by atoms with Gasteiger partial charge in [0.2, 0.25) is 0 Å². The third kappa shape index (κ3) is 5.94. The van der Waals surface area contributed by atoms with Crippen molar-refractivity contribution >= 4 is 28.6 Å². The number of urea groups is 1. The molecule has 1 fully saturated rings. The van der Waals surface area contributed by atoms with Gasteiger partial charge in [0.1, 0.15) is 11.4 Å². The lowest BCUT2D eigenvalue weighted by atomic mass is 9.79. The number of nitrogens with zero attached hydrogens (tertiary/aromatic N) is 1. The maximum atomic E-state index is 14.6. The predicted octanol–water partition coefficient (Wildman–Crippen LogP) is 6.51. The first-order chi connectivity index (χ1) is 16.7. The molecule has 184 valence electrons. The van der Waals surface area contributed by atoms with Crippen molar-refractivity contribution < 1.29 is 22.4 Å². The molecular weight excluding hydrogens is 573 g/mol. The number of halogens is 5. The summed E-state index contributed by atoms with van der Waals surface area (Å²) in [7, 11) is 0. The lowest BCUT2D eigenvalue weighted by Crippen LogP contribution is -2.55. The van der Waals surface area contributed by atoms with Crippen LogP contribution < -0.4 is 10.6 Å². The van der Waals surface area contributed by atoms with Crippen LogP contribution in [0.2, 0.25) is 0 Å². The number of aromatic nitrogens is 1. The smallest absolute Gasteiger partial charge is 0.335 e. The van der Waals surface area contributed by atoms with Crippen LogP contribution in [-0.2, 0) is 22.6 Å². The Morgan fingerprint density at radius 2 is 1.71 bits per heavy atom. The fourth-order valence-electron chi connectivity index (χ4n) is 4.15. The Morgan fingerprint density at radius 1 is 1.00 bits per heavy atom. The zero-order chi connectivity index (χ0) is 25.1. The van der Waals surface area contributed by atoms with Gasteiger partial charge in [-0.15, -0.1) is 0 Å². The number of nitrogens with one attached hydrogen (secondary N) is 2. The minimum atomic E-state index is -4.76. The molecule has 0 unspecified atom stereocenters. The quantitative estimate of drug-likeness (QED) is 0.185. The fraction of sp³-hybridized carbons (Fsp3) is 0.308. The van der Waals surface area contributed by atoms with Gasteiger partial charge in [-0.1, -0.05) is 59.0 Å². The van der Waals surface area contributed by atoms with Crippen molar-refractivity contribution in [1.29, 1.82) is 0 Å². The normalized spacial score (nSPS) is 15.7. The summed E-state index contributed by atoms with van der Waals surface area (Å²) in [5, 5.41) is 5.79. The minimum absolute atomic E-state index is 0.00275. The Kier molecular flexibility index (Phi) is 7.63. The summed E-state index contributed by atoms with van der Waals surface area (Å²) >= 11 is 2.18. The van der Waals surface area contributed by atoms with Crippen LogP contribution in [0.1, 0.15) is 47.2 Å². The van der Waals surface area contributed by atoms with Crippen LogP contribution in [0, 0.1) is 5.82 Å². The predicted molar refractivity (Wildman–Crippen MR) is 134 cm³/mol. The van der Waals surface area contributed by atoms with Gasteiger partial charge >= 0.3 is 12.2 Å². The van der Waals surface area contributed by atoms with E-state index in [2.05, 4.69) is 38.2 Å². The Bertz CT molecular complexity index is 1170. The highest BCUT2D eigenvalue weighted by atomic mass is 127.